The van der Waals surface area contributed by atoms with Gasteiger partial charge in [0.15, 0.2) is 18.9 Å². The number of carbonyl (C=O) groups is 3. The molecule has 0 aromatic heterocycles. The van der Waals surface area contributed by atoms with Crippen LogP contribution in [0.1, 0.15) is 0 Å². The van der Waals surface area contributed by atoms with Gasteiger partial charge in [-0.1, -0.05) is 0 Å². The zero-order valence-electron chi connectivity index (χ0n) is 16.7. The van der Waals surface area contributed by atoms with Gasteiger partial charge in [-0.05, 0) is 0 Å². The van der Waals surface area contributed by atoms with E-state index in [1.807, 2.05) is 0 Å². The molecule has 0 unspecified atom stereocenters. The lowest BCUT2D eigenvalue weighted by Gasteiger charge is -2.22. The number of carbonyl (C=O) groups excluding carboxylic acids is 3. The molecule has 16 heteroatoms. The van der Waals surface area contributed by atoms with Crippen molar-refractivity contribution in [3.8, 4) is 0 Å². The summed E-state index contributed by atoms with van der Waals surface area (Å²) in [5, 5.41) is 112. The summed E-state index contributed by atoms with van der Waals surface area (Å²) in [4.78, 5) is 29.4. The third kappa shape index (κ3) is 14.5. The first-order chi connectivity index (χ1) is 14.8. The molecule has 13 N–H and O–H groups in total. The summed E-state index contributed by atoms with van der Waals surface area (Å²) in [6.07, 6.45) is -16.1. The highest BCUT2D eigenvalue weighted by atomic mass is 16.4. The molecule has 0 aliphatic rings. The Kier molecular flexibility index (Phi) is 22.1. The van der Waals surface area contributed by atoms with E-state index in [1.165, 1.54) is 0 Å². The molecule has 0 aromatic carbocycles. The Bertz CT molecular complexity index is 453. The maximum atomic E-state index is 9.90. The lowest BCUT2D eigenvalue weighted by atomic mass is 10.0. The zero-order chi connectivity index (χ0) is 26.0. The van der Waals surface area contributed by atoms with Crippen molar-refractivity contribution in [3.63, 3.8) is 0 Å². The second kappa shape index (κ2) is 20.1. The molecule has 16 nitrogen and oxygen atoms in total. The minimum atomic E-state index is -1.79. The van der Waals surface area contributed by atoms with Crippen molar-refractivity contribution in [1.29, 1.82) is 0 Å². The quantitative estimate of drug-likeness (QED) is 0.109. The molecule has 0 aliphatic heterocycles. The summed E-state index contributed by atoms with van der Waals surface area (Å²) >= 11 is 0. The van der Waals surface area contributed by atoms with Crippen molar-refractivity contribution >= 4 is 18.9 Å². The topological polar surface area (TPSA) is 314 Å². The number of hydrogen-bond donors (Lipinski definition) is 13. The van der Waals surface area contributed by atoms with Gasteiger partial charge in [0.05, 0.1) is 19.8 Å². The minimum Gasteiger partial charge on any atom is -0.394 e. The second-order valence-electron chi connectivity index (χ2n) is 6.09. The average molecular weight is 480 g/mol. The van der Waals surface area contributed by atoms with E-state index in [4.69, 9.17) is 66.4 Å². The summed E-state index contributed by atoms with van der Waals surface area (Å²) in [5.74, 6) is 0. The van der Waals surface area contributed by atoms with Crippen LogP contribution in [0.3, 0.4) is 0 Å². The van der Waals surface area contributed by atoms with E-state index in [0.29, 0.717) is 0 Å². The molecule has 0 heterocycles. The molecule has 0 spiro atoms. The van der Waals surface area contributed by atoms with Gasteiger partial charge in [0.25, 0.3) is 0 Å². The first-order valence-corrected chi connectivity index (χ1v) is 8.80. The minimum absolute atomic E-state index is 0.0258. The van der Waals surface area contributed by atoms with Crippen LogP contribution in [-0.2, 0) is 14.4 Å². The van der Waals surface area contributed by atoms with Gasteiger partial charge in [0.2, 0.25) is 0 Å². The van der Waals surface area contributed by atoms with Gasteiger partial charge in [-0.25, -0.2) is 0 Å². The molecule has 192 valence electrons. The molecule has 0 saturated carbocycles. The number of aldehydes is 3. The summed E-state index contributed by atoms with van der Waals surface area (Å²) < 4.78 is 0. The molecule has 0 aromatic rings. The van der Waals surface area contributed by atoms with Gasteiger partial charge in [-0.15, -0.1) is 0 Å². The van der Waals surface area contributed by atoms with Gasteiger partial charge in [0.1, 0.15) is 61.0 Å². The molecule has 0 amide bonds. The monoisotopic (exact) mass is 480 g/mol. The first-order valence-electron chi connectivity index (χ1n) is 8.80. The Labute approximate surface area is 181 Å². The smallest absolute Gasteiger partial charge is 0.151 e. The maximum Gasteiger partial charge on any atom is 0.151 e. The predicted octanol–water partition coefficient (Wildman–Crippen LogP) is -8.86. The van der Waals surface area contributed by atoms with Crippen LogP contribution in [-0.4, -0.2) is 166 Å². The third-order valence-corrected chi connectivity index (χ3v) is 3.56. The van der Waals surface area contributed by atoms with Crippen LogP contribution < -0.4 is 0 Å². The number of rotatable bonds is 13. The summed E-state index contributed by atoms with van der Waals surface area (Å²) in [5.41, 5.74) is 0. The second-order valence-corrected chi connectivity index (χ2v) is 6.09. The van der Waals surface area contributed by atoms with Gasteiger partial charge < -0.3 is 80.8 Å². The highest BCUT2D eigenvalue weighted by molar-refractivity contribution is 5.57. The van der Waals surface area contributed by atoms with Crippen molar-refractivity contribution < 1.29 is 80.8 Å². The normalized spacial score (nSPS) is 20.2. The van der Waals surface area contributed by atoms with Gasteiger partial charge in [0, 0.05) is 0 Å². The Morgan fingerprint density at radius 3 is 0.844 bits per heavy atom. The van der Waals surface area contributed by atoms with Crippen LogP contribution >= 0.6 is 0 Å². The lowest BCUT2D eigenvalue weighted by molar-refractivity contribution is -0.136. The van der Waals surface area contributed by atoms with Crippen molar-refractivity contribution in [2.24, 2.45) is 0 Å². The molecule has 0 saturated heterocycles. The van der Waals surface area contributed by atoms with E-state index >= 15 is 0 Å². The van der Waals surface area contributed by atoms with Crippen LogP contribution in [0.5, 0.6) is 0 Å². The SMILES string of the molecule is O=C[C@H](O)[C@@H](O)[C@@H](O)CO.O=C[C@H](O)[C@@H](O)[C@H](O)CO.O=C[C@H](O)[C@@H](O)[C@H](O)[C@H](O)CO. The fourth-order valence-corrected chi connectivity index (χ4v) is 1.45. The average Bonchev–Trinajstić information content (AvgIpc) is 2.84. The fraction of sp³-hybridized carbons (Fsp3) is 0.812. The first kappa shape index (κ1) is 35.1. The van der Waals surface area contributed by atoms with E-state index in [2.05, 4.69) is 0 Å². The van der Waals surface area contributed by atoms with E-state index in [0.717, 1.165) is 0 Å². The summed E-state index contributed by atoms with van der Waals surface area (Å²) in [6.45, 7) is -2.14. The molecule has 0 bridgehead atoms. The Morgan fingerprint density at radius 1 is 0.406 bits per heavy atom. The van der Waals surface area contributed by atoms with Crippen molar-refractivity contribution in [1.82, 2.24) is 0 Å². The summed E-state index contributed by atoms with van der Waals surface area (Å²) in [6, 6.07) is 0. The fourth-order valence-electron chi connectivity index (χ4n) is 1.45. The highest BCUT2D eigenvalue weighted by Crippen LogP contribution is 2.03. The van der Waals surface area contributed by atoms with Crippen molar-refractivity contribution in [2.75, 3.05) is 19.8 Å². The standard InChI is InChI=1S/C6H12O6.2C5H10O5/c7-1-3(9)5(11)6(12)4(10)2-8;2*6-1-3(8)5(10)4(9)2-7/h1,3-6,8-12H,2H2;2*1,3-5,7-10H,2H2/t3-,4+,5+,6+;3-,4+,5+;3-,4-,5+/m000/s1. The van der Waals surface area contributed by atoms with E-state index < -0.39 is 80.9 Å². The number of hydrogen-bond acceptors (Lipinski definition) is 16. The maximum absolute atomic E-state index is 9.90. The van der Waals surface area contributed by atoms with Gasteiger partial charge in [-0.2, -0.15) is 0 Å². The molecule has 0 rings (SSSR count). The van der Waals surface area contributed by atoms with Crippen LogP contribution in [0.4, 0.5) is 0 Å². The molecule has 0 aliphatic carbocycles. The number of aliphatic hydroxyl groups excluding tert-OH is 13. The zero-order valence-corrected chi connectivity index (χ0v) is 16.7. The van der Waals surface area contributed by atoms with Crippen LogP contribution in [0.15, 0.2) is 0 Å². The lowest BCUT2D eigenvalue weighted by Crippen LogP contribution is -2.46. The highest BCUT2D eigenvalue weighted by Gasteiger charge is 2.29. The largest absolute Gasteiger partial charge is 0.394 e. The Morgan fingerprint density at radius 2 is 0.625 bits per heavy atom. The predicted molar refractivity (Wildman–Crippen MR) is 99.5 cm³/mol. The van der Waals surface area contributed by atoms with Crippen LogP contribution in [0.2, 0.25) is 0 Å². The molecule has 0 radical (unpaired) electrons. The van der Waals surface area contributed by atoms with E-state index in [1.54, 1.807) is 0 Å². The van der Waals surface area contributed by atoms with Crippen molar-refractivity contribution in [3.05, 3.63) is 0 Å². The Hall–Kier alpha value is -1.51. The molecular weight excluding hydrogens is 448 g/mol. The molecule has 32 heavy (non-hydrogen) atoms. The van der Waals surface area contributed by atoms with Crippen LogP contribution in [0, 0.1) is 0 Å². The van der Waals surface area contributed by atoms with Gasteiger partial charge >= 0.3 is 0 Å². The van der Waals surface area contributed by atoms with E-state index in [9.17, 15) is 14.4 Å². The summed E-state index contributed by atoms with van der Waals surface area (Å²) in [7, 11) is 0. The van der Waals surface area contributed by atoms with E-state index in [-0.39, 0.29) is 18.9 Å². The number of aliphatic hydroxyl groups is 13. The molecule has 0 fully saturated rings. The molecular formula is C16H32O16. The van der Waals surface area contributed by atoms with Gasteiger partial charge in [-0.3, -0.25) is 0 Å². The molecule has 10 atom stereocenters. The van der Waals surface area contributed by atoms with Crippen molar-refractivity contribution in [2.45, 2.75) is 61.0 Å². The third-order valence-electron chi connectivity index (χ3n) is 3.56. The van der Waals surface area contributed by atoms with Crippen LogP contribution in [0.25, 0.3) is 0 Å². The Balaban J connectivity index is -0.000000397.